The smallest absolute Gasteiger partial charge is 0.339 e. The van der Waals surface area contributed by atoms with Crippen LogP contribution in [-0.2, 0) is 9.53 Å². The van der Waals surface area contributed by atoms with Gasteiger partial charge >= 0.3 is 5.97 Å². The van der Waals surface area contributed by atoms with Crippen molar-refractivity contribution in [2.24, 2.45) is 0 Å². The summed E-state index contributed by atoms with van der Waals surface area (Å²) in [6, 6.07) is 9.49. The van der Waals surface area contributed by atoms with Crippen LogP contribution in [0.3, 0.4) is 0 Å². The van der Waals surface area contributed by atoms with Crippen LogP contribution in [0.2, 0.25) is 5.02 Å². The molecule has 0 saturated heterocycles. The van der Waals surface area contributed by atoms with Crippen LogP contribution in [0.4, 0.5) is 5.69 Å². The van der Waals surface area contributed by atoms with Crippen molar-refractivity contribution in [1.82, 2.24) is 0 Å². The first-order valence-electron chi connectivity index (χ1n) is 9.07. The average molecular weight is 418 g/mol. The van der Waals surface area contributed by atoms with Crippen LogP contribution in [-0.4, -0.2) is 37.0 Å². The second-order valence-corrected chi connectivity index (χ2v) is 6.88. The monoisotopic (exact) mass is 417 g/mol. The lowest BCUT2D eigenvalue weighted by Gasteiger charge is -2.16. The number of benzene rings is 2. The van der Waals surface area contributed by atoms with Crippen molar-refractivity contribution >= 4 is 34.9 Å². The zero-order valence-corrected chi connectivity index (χ0v) is 16.7. The molecule has 0 aromatic heterocycles. The third kappa shape index (κ3) is 4.86. The topological polar surface area (TPSA) is 90.9 Å². The molecular formula is C21H20ClNO6. The largest absolute Gasteiger partial charge is 0.489 e. The van der Waals surface area contributed by atoms with Gasteiger partial charge in [0.1, 0.15) is 0 Å². The number of rotatable bonds is 5. The summed E-state index contributed by atoms with van der Waals surface area (Å²) >= 11 is 6.19. The molecule has 0 radical (unpaired) electrons. The van der Waals surface area contributed by atoms with Gasteiger partial charge in [-0.2, -0.15) is 0 Å². The first-order chi connectivity index (χ1) is 13.9. The number of ether oxygens (including phenoxy) is 3. The van der Waals surface area contributed by atoms with Gasteiger partial charge in [-0.05, 0) is 38.1 Å². The summed E-state index contributed by atoms with van der Waals surface area (Å²) in [6.45, 7) is 3.75. The van der Waals surface area contributed by atoms with E-state index in [1.54, 1.807) is 24.3 Å². The molecule has 1 heterocycles. The fraction of sp³-hybridized carbons (Fsp3) is 0.286. The van der Waals surface area contributed by atoms with Crippen LogP contribution in [0.5, 0.6) is 11.5 Å². The maximum atomic E-state index is 12.5. The Morgan fingerprint density at radius 3 is 2.62 bits per heavy atom. The van der Waals surface area contributed by atoms with Gasteiger partial charge in [-0.3, -0.25) is 9.59 Å². The van der Waals surface area contributed by atoms with Crippen LogP contribution in [0.15, 0.2) is 36.4 Å². The number of carbonyl (C=O) groups excluding carboxylic acids is 3. The molecule has 0 spiro atoms. The third-order valence-electron chi connectivity index (χ3n) is 4.26. The number of esters is 1. The zero-order chi connectivity index (χ0) is 21.0. The minimum Gasteiger partial charge on any atom is -0.489 e. The SMILES string of the molecule is CC(=O)c1ccccc1NC(=O)[C@H](C)OC(=O)c1cc(Cl)c2c(c1)OCCCO2. The lowest BCUT2D eigenvalue weighted by Crippen LogP contribution is -2.30. The molecule has 1 aliphatic rings. The van der Waals surface area contributed by atoms with E-state index in [1.165, 1.54) is 26.0 Å². The summed E-state index contributed by atoms with van der Waals surface area (Å²) < 4.78 is 16.3. The van der Waals surface area contributed by atoms with Crippen LogP contribution in [0.25, 0.3) is 0 Å². The number of para-hydroxylation sites is 1. The minimum absolute atomic E-state index is 0.142. The van der Waals surface area contributed by atoms with Crippen molar-refractivity contribution in [2.75, 3.05) is 18.5 Å². The summed E-state index contributed by atoms with van der Waals surface area (Å²) in [4.78, 5) is 36.6. The van der Waals surface area contributed by atoms with Gasteiger partial charge < -0.3 is 19.5 Å². The molecule has 7 nitrogen and oxygen atoms in total. The summed E-state index contributed by atoms with van der Waals surface area (Å²) in [5, 5.41) is 2.84. The van der Waals surface area contributed by atoms with E-state index >= 15 is 0 Å². The summed E-state index contributed by atoms with van der Waals surface area (Å²) in [5.41, 5.74) is 0.864. The fourth-order valence-electron chi connectivity index (χ4n) is 2.76. The molecule has 0 fully saturated rings. The van der Waals surface area contributed by atoms with E-state index in [0.29, 0.717) is 42.4 Å². The lowest BCUT2D eigenvalue weighted by atomic mass is 10.1. The van der Waals surface area contributed by atoms with Gasteiger partial charge in [0, 0.05) is 12.0 Å². The minimum atomic E-state index is -1.10. The number of Topliss-reactive ketones (excluding diaryl/α,β-unsaturated/α-hetero) is 1. The van der Waals surface area contributed by atoms with Crippen molar-refractivity contribution in [3.05, 3.63) is 52.5 Å². The Hall–Kier alpha value is -3.06. The Morgan fingerprint density at radius 2 is 1.86 bits per heavy atom. The number of anilines is 1. The van der Waals surface area contributed by atoms with E-state index in [2.05, 4.69) is 5.32 Å². The molecule has 2 aromatic rings. The molecular weight excluding hydrogens is 398 g/mol. The Labute approximate surface area is 172 Å². The van der Waals surface area contributed by atoms with Gasteiger partial charge in [0.15, 0.2) is 23.4 Å². The van der Waals surface area contributed by atoms with Gasteiger partial charge in [0.2, 0.25) is 0 Å². The van der Waals surface area contributed by atoms with Crippen LogP contribution >= 0.6 is 11.6 Å². The highest BCUT2D eigenvalue weighted by Gasteiger charge is 2.23. The molecule has 0 unspecified atom stereocenters. The molecule has 1 aliphatic heterocycles. The van der Waals surface area contributed by atoms with Gasteiger partial charge in [-0.25, -0.2) is 4.79 Å². The standard InChI is InChI=1S/C21H20ClNO6/c1-12(24)15-6-3-4-7-17(15)23-20(25)13(2)29-21(26)14-10-16(22)19-18(11-14)27-8-5-9-28-19/h3-4,6-7,10-11,13H,5,8-9H2,1-2H3,(H,23,25)/t13-/m0/s1. The Morgan fingerprint density at radius 1 is 1.14 bits per heavy atom. The third-order valence-corrected chi connectivity index (χ3v) is 4.54. The molecule has 152 valence electrons. The summed E-state index contributed by atoms with van der Waals surface area (Å²) in [7, 11) is 0. The number of nitrogens with one attached hydrogen (secondary N) is 1. The molecule has 0 bridgehead atoms. The summed E-state index contributed by atoms with van der Waals surface area (Å²) in [5.74, 6) is -0.744. The van der Waals surface area contributed by atoms with E-state index in [-0.39, 0.29) is 16.4 Å². The predicted molar refractivity (Wildman–Crippen MR) is 107 cm³/mol. The maximum absolute atomic E-state index is 12.5. The highest BCUT2D eigenvalue weighted by molar-refractivity contribution is 6.32. The molecule has 29 heavy (non-hydrogen) atoms. The molecule has 1 amide bonds. The van der Waals surface area contributed by atoms with Crippen LogP contribution < -0.4 is 14.8 Å². The van der Waals surface area contributed by atoms with E-state index in [9.17, 15) is 14.4 Å². The van der Waals surface area contributed by atoms with Crippen LogP contribution in [0.1, 0.15) is 41.0 Å². The van der Waals surface area contributed by atoms with Gasteiger partial charge in [-0.1, -0.05) is 23.7 Å². The molecule has 1 atom stereocenters. The van der Waals surface area contributed by atoms with Gasteiger partial charge in [-0.15, -0.1) is 0 Å². The molecule has 1 N–H and O–H groups in total. The number of carbonyl (C=O) groups is 3. The van der Waals surface area contributed by atoms with E-state index in [4.69, 9.17) is 25.8 Å². The highest BCUT2D eigenvalue weighted by atomic mass is 35.5. The van der Waals surface area contributed by atoms with Crippen molar-refractivity contribution in [2.45, 2.75) is 26.4 Å². The van der Waals surface area contributed by atoms with E-state index in [1.807, 2.05) is 0 Å². The number of fused-ring (bicyclic) bond motifs is 1. The highest BCUT2D eigenvalue weighted by Crippen LogP contribution is 2.38. The maximum Gasteiger partial charge on any atom is 0.339 e. The number of amides is 1. The number of halogens is 1. The molecule has 3 rings (SSSR count). The Kier molecular flexibility index (Phi) is 6.39. The summed E-state index contributed by atoms with van der Waals surface area (Å²) in [6.07, 6.45) is -0.402. The molecule has 0 aliphatic carbocycles. The lowest BCUT2D eigenvalue weighted by molar-refractivity contribution is -0.123. The Balaban J connectivity index is 1.71. The number of ketones is 1. The predicted octanol–water partition coefficient (Wildman–Crippen LogP) is 3.89. The number of hydrogen-bond acceptors (Lipinski definition) is 6. The van der Waals surface area contributed by atoms with E-state index in [0.717, 1.165) is 0 Å². The fourth-order valence-corrected chi connectivity index (χ4v) is 3.03. The van der Waals surface area contributed by atoms with Crippen molar-refractivity contribution in [3.8, 4) is 11.5 Å². The number of hydrogen-bond donors (Lipinski definition) is 1. The van der Waals surface area contributed by atoms with Gasteiger partial charge in [0.25, 0.3) is 5.91 Å². The molecule has 2 aromatic carbocycles. The first kappa shape index (κ1) is 20.7. The van der Waals surface area contributed by atoms with Crippen molar-refractivity contribution in [3.63, 3.8) is 0 Å². The van der Waals surface area contributed by atoms with Crippen molar-refractivity contribution < 1.29 is 28.6 Å². The van der Waals surface area contributed by atoms with Gasteiger partial charge in [0.05, 0.1) is 29.5 Å². The normalized spacial score (nSPS) is 13.8. The second kappa shape index (κ2) is 8.96. The second-order valence-electron chi connectivity index (χ2n) is 6.47. The van der Waals surface area contributed by atoms with Crippen LogP contribution in [0, 0.1) is 0 Å². The Bertz CT molecular complexity index is 958. The quantitative estimate of drug-likeness (QED) is 0.586. The average Bonchev–Trinajstić information content (AvgIpc) is 2.94. The molecule has 0 saturated carbocycles. The molecule has 8 heteroatoms. The van der Waals surface area contributed by atoms with E-state index < -0.39 is 18.0 Å². The van der Waals surface area contributed by atoms with Crippen molar-refractivity contribution in [1.29, 1.82) is 0 Å². The first-order valence-corrected chi connectivity index (χ1v) is 9.45. The zero-order valence-electron chi connectivity index (χ0n) is 16.0.